The van der Waals surface area contributed by atoms with Crippen molar-refractivity contribution in [1.82, 2.24) is 9.97 Å². The number of nitrogens with one attached hydrogen (secondary N) is 2. The first-order chi connectivity index (χ1) is 8.02. The van der Waals surface area contributed by atoms with Crippen molar-refractivity contribution in [3.8, 4) is 0 Å². The molecule has 0 saturated heterocycles. The van der Waals surface area contributed by atoms with Crippen molar-refractivity contribution in [2.75, 3.05) is 17.2 Å². The fourth-order valence-corrected chi connectivity index (χ4v) is 1.25. The summed E-state index contributed by atoms with van der Waals surface area (Å²) in [5.74, 6) is 0.748. The van der Waals surface area contributed by atoms with Gasteiger partial charge < -0.3 is 16.4 Å². The number of anilines is 2. The number of nitrogens with two attached hydrogens (primary N) is 1. The maximum atomic E-state index is 10.9. The number of carbonyl (C=O) groups is 1. The van der Waals surface area contributed by atoms with Crippen LogP contribution in [0.25, 0.3) is 0 Å². The molecule has 4 N–H and O–H groups in total. The van der Waals surface area contributed by atoms with Crippen LogP contribution in [0.3, 0.4) is 0 Å². The second-order valence-electron chi connectivity index (χ2n) is 3.91. The van der Waals surface area contributed by atoms with Crippen molar-refractivity contribution >= 4 is 17.7 Å². The van der Waals surface area contributed by atoms with Crippen molar-refractivity contribution in [2.24, 2.45) is 5.73 Å². The van der Waals surface area contributed by atoms with Gasteiger partial charge >= 0.3 is 0 Å². The average Bonchev–Trinajstić information content (AvgIpc) is 2.25. The SMILES string of the molecule is CCCNc1nc(C)cc(NC(C)C(N)=O)n1. The zero-order chi connectivity index (χ0) is 12.8. The summed E-state index contributed by atoms with van der Waals surface area (Å²) in [6.07, 6.45) is 0.998. The molecule has 94 valence electrons. The quantitative estimate of drug-likeness (QED) is 0.683. The molecule has 1 heterocycles. The number of primary amides is 1. The Hall–Kier alpha value is -1.85. The van der Waals surface area contributed by atoms with Crippen molar-refractivity contribution < 1.29 is 4.79 Å². The number of aryl methyl sites for hydroxylation is 1. The number of hydrogen-bond donors (Lipinski definition) is 3. The number of nitrogens with zero attached hydrogens (tertiary/aromatic N) is 2. The highest BCUT2D eigenvalue weighted by atomic mass is 16.1. The first-order valence-corrected chi connectivity index (χ1v) is 5.68. The summed E-state index contributed by atoms with van der Waals surface area (Å²) in [6, 6.07) is 1.32. The van der Waals surface area contributed by atoms with Gasteiger partial charge in [0.1, 0.15) is 11.9 Å². The molecule has 0 aliphatic heterocycles. The third-order valence-electron chi connectivity index (χ3n) is 2.18. The van der Waals surface area contributed by atoms with Crippen LogP contribution in [0, 0.1) is 6.92 Å². The summed E-state index contributed by atoms with van der Waals surface area (Å²) in [4.78, 5) is 19.4. The van der Waals surface area contributed by atoms with Gasteiger partial charge in [0, 0.05) is 18.3 Å². The van der Waals surface area contributed by atoms with Crippen LogP contribution in [-0.4, -0.2) is 28.5 Å². The lowest BCUT2D eigenvalue weighted by atomic mass is 10.3. The lowest BCUT2D eigenvalue weighted by molar-refractivity contribution is -0.118. The van der Waals surface area contributed by atoms with Gasteiger partial charge in [0.05, 0.1) is 0 Å². The molecular weight excluding hydrogens is 218 g/mol. The Labute approximate surface area is 101 Å². The Morgan fingerprint density at radius 3 is 2.82 bits per heavy atom. The smallest absolute Gasteiger partial charge is 0.239 e. The van der Waals surface area contributed by atoms with E-state index in [1.165, 1.54) is 0 Å². The minimum atomic E-state index is -0.455. The molecule has 0 bridgehead atoms. The summed E-state index contributed by atoms with van der Waals surface area (Å²) in [7, 11) is 0. The van der Waals surface area contributed by atoms with E-state index in [4.69, 9.17) is 5.73 Å². The van der Waals surface area contributed by atoms with Gasteiger partial charge in [0.2, 0.25) is 11.9 Å². The molecule has 6 heteroatoms. The highest BCUT2D eigenvalue weighted by molar-refractivity contribution is 5.82. The van der Waals surface area contributed by atoms with Gasteiger partial charge in [0.25, 0.3) is 0 Å². The number of carbonyl (C=O) groups excluding carboxylic acids is 1. The topological polar surface area (TPSA) is 92.9 Å². The second-order valence-corrected chi connectivity index (χ2v) is 3.91. The molecule has 0 radical (unpaired) electrons. The Morgan fingerprint density at radius 1 is 1.53 bits per heavy atom. The van der Waals surface area contributed by atoms with E-state index in [9.17, 15) is 4.79 Å². The molecule has 6 nitrogen and oxygen atoms in total. The minimum absolute atomic E-state index is 0.413. The van der Waals surface area contributed by atoms with Gasteiger partial charge in [-0.05, 0) is 20.3 Å². The van der Waals surface area contributed by atoms with Crippen molar-refractivity contribution in [3.63, 3.8) is 0 Å². The third-order valence-corrected chi connectivity index (χ3v) is 2.18. The Balaban J connectivity index is 2.78. The van der Waals surface area contributed by atoms with Gasteiger partial charge in [-0.15, -0.1) is 0 Å². The molecular formula is C11H19N5O. The fraction of sp³-hybridized carbons (Fsp3) is 0.545. The van der Waals surface area contributed by atoms with E-state index >= 15 is 0 Å². The van der Waals surface area contributed by atoms with E-state index in [1.54, 1.807) is 13.0 Å². The number of aromatic nitrogens is 2. The van der Waals surface area contributed by atoms with Gasteiger partial charge in [-0.1, -0.05) is 6.92 Å². The van der Waals surface area contributed by atoms with Crippen LogP contribution in [0.5, 0.6) is 0 Å². The van der Waals surface area contributed by atoms with Crippen LogP contribution < -0.4 is 16.4 Å². The number of amides is 1. The second kappa shape index (κ2) is 6.03. The van der Waals surface area contributed by atoms with Crippen molar-refractivity contribution in [1.29, 1.82) is 0 Å². The molecule has 0 fully saturated rings. The third kappa shape index (κ3) is 4.26. The summed E-state index contributed by atoms with van der Waals surface area (Å²) in [5.41, 5.74) is 6.01. The van der Waals surface area contributed by atoms with Gasteiger partial charge in [-0.2, -0.15) is 4.98 Å². The van der Waals surface area contributed by atoms with Crippen LogP contribution in [-0.2, 0) is 4.79 Å². The lowest BCUT2D eigenvalue weighted by Crippen LogP contribution is -2.32. The standard InChI is InChI=1S/C11H19N5O/c1-4-5-13-11-14-7(2)6-9(16-11)15-8(3)10(12)17/h6,8H,4-5H2,1-3H3,(H2,12,17)(H2,13,14,15,16). The zero-order valence-electron chi connectivity index (χ0n) is 10.4. The highest BCUT2D eigenvalue weighted by Crippen LogP contribution is 2.10. The largest absolute Gasteiger partial charge is 0.368 e. The molecule has 1 unspecified atom stereocenters. The van der Waals surface area contributed by atoms with E-state index in [1.807, 2.05) is 6.92 Å². The summed E-state index contributed by atoms with van der Waals surface area (Å²) >= 11 is 0. The molecule has 1 rings (SSSR count). The van der Waals surface area contributed by atoms with E-state index in [-0.39, 0.29) is 0 Å². The predicted octanol–water partition coefficient (Wildman–Crippen LogP) is 0.893. The molecule has 1 atom stereocenters. The van der Waals surface area contributed by atoms with E-state index in [0.29, 0.717) is 11.8 Å². The monoisotopic (exact) mass is 237 g/mol. The van der Waals surface area contributed by atoms with Gasteiger partial charge in [0.15, 0.2) is 0 Å². The molecule has 17 heavy (non-hydrogen) atoms. The molecule has 1 amide bonds. The first-order valence-electron chi connectivity index (χ1n) is 5.68. The van der Waals surface area contributed by atoms with E-state index < -0.39 is 11.9 Å². The number of hydrogen-bond acceptors (Lipinski definition) is 5. The molecule has 0 saturated carbocycles. The molecule has 0 aliphatic carbocycles. The Kier molecular flexibility index (Phi) is 4.68. The highest BCUT2D eigenvalue weighted by Gasteiger charge is 2.09. The predicted molar refractivity (Wildman–Crippen MR) is 67.8 cm³/mol. The molecule has 0 aromatic carbocycles. The van der Waals surface area contributed by atoms with Crippen LogP contribution in [0.15, 0.2) is 6.07 Å². The van der Waals surface area contributed by atoms with Gasteiger partial charge in [-0.3, -0.25) is 4.79 Å². The van der Waals surface area contributed by atoms with Crippen LogP contribution >= 0.6 is 0 Å². The van der Waals surface area contributed by atoms with Gasteiger partial charge in [-0.25, -0.2) is 4.98 Å². The maximum absolute atomic E-state index is 10.9. The molecule has 1 aromatic heterocycles. The summed E-state index contributed by atoms with van der Waals surface area (Å²) in [6.45, 7) is 6.45. The lowest BCUT2D eigenvalue weighted by Gasteiger charge is -2.12. The first kappa shape index (κ1) is 13.2. The molecule has 0 spiro atoms. The maximum Gasteiger partial charge on any atom is 0.239 e. The zero-order valence-corrected chi connectivity index (χ0v) is 10.4. The molecule has 1 aromatic rings. The number of rotatable bonds is 6. The van der Waals surface area contributed by atoms with Crippen molar-refractivity contribution in [2.45, 2.75) is 33.2 Å². The average molecular weight is 237 g/mol. The van der Waals surface area contributed by atoms with E-state index in [2.05, 4.69) is 27.5 Å². The Bertz CT molecular complexity index is 393. The van der Waals surface area contributed by atoms with E-state index in [0.717, 1.165) is 18.7 Å². The fourth-order valence-electron chi connectivity index (χ4n) is 1.25. The summed E-state index contributed by atoms with van der Waals surface area (Å²) < 4.78 is 0. The van der Waals surface area contributed by atoms with Crippen molar-refractivity contribution in [3.05, 3.63) is 11.8 Å². The van der Waals surface area contributed by atoms with Crippen LogP contribution in [0.4, 0.5) is 11.8 Å². The normalized spacial score (nSPS) is 11.9. The minimum Gasteiger partial charge on any atom is -0.368 e. The summed E-state index contributed by atoms with van der Waals surface area (Å²) in [5, 5.41) is 6.03. The Morgan fingerprint density at radius 2 is 2.24 bits per heavy atom. The molecule has 0 aliphatic rings. The van der Waals surface area contributed by atoms with Crippen LogP contribution in [0.1, 0.15) is 26.0 Å². The van der Waals surface area contributed by atoms with Crippen LogP contribution in [0.2, 0.25) is 0 Å².